The molecule has 0 aliphatic heterocycles. The smallest absolute Gasteiger partial charge is 0.254 e. The topological polar surface area (TPSA) is 66.7 Å². The van der Waals surface area contributed by atoms with Crippen molar-refractivity contribution in [2.45, 2.75) is 6.42 Å². The third-order valence-corrected chi connectivity index (χ3v) is 5.09. The van der Waals surface area contributed by atoms with Gasteiger partial charge in [-0.1, -0.05) is 30.3 Å². The van der Waals surface area contributed by atoms with Gasteiger partial charge >= 0.3 is 0 Å². The quantitative estimate of drug-likeness (QED) is 0.610. The number of benzene rings is 2. The number of thiazole rings is 1. The second kappa shape index (κ2) is 9.43. The number of carbonyl (C=O) groups excluding carboxylic acids is 2. The summed E-state index contributed by atoms with van der Waals surface area (Å²) in [5.41, 5.74) is 0.595. The minimum absolute atomic E-state index is 0.00794. The second-order valence-corrected chi connectivity index (χ2v) is 7.88. The molecule has 2 amide bonds. The van der Waals surface area contributed by atoms with E-state index in [0.717, 1.165) is 23.7 Å². The van der Waals surface area contributed by atoms with Crippen molar-refractivity contribution in [1.29, 1.82) is 0 Å². The van der Waals surface area contributed by atoms with E-state index in [1.807, 2.05) is 42.5 Å². The summed E-state index contributed by atoms with van der Waals surface area (Å²) in [5, 5.41) is 7.20. The number of anilines is 1. The molecule has 146 valence electrons. The maximum Gasteiger partial charge on any atom is 0.254 e. The lowest BCUT2D eigenvalue weighted by Gasteiger charge is -2.22. The minimum Gasteiger partial charge on any atom is -0.340 e. The van der Waals surface area contributed by atoms with Gasteiger partial charge in [0.05, 0.1) is 20.6 Å². The molecule has 0 aliphatic carbocycles. The Bertz CT molecular complexity index is 940. The summed E-state index contributed by atoms with van der Waals surface area (Å²) in [5.74, 6) is -0.366. The van der Waals surface area contributed by atoms with Crippen molar-refractivity contribution in [2.24, 2.45) is 0 Å². The Hall–Kier alpha value is -2.77. The number of rotatable bonds is 8. The van der Waals surface area contributed by atoms with Crippen LogP contribution < -0.4 is 10.2 Å². The Labute approximate surface area is 168 Å². The second-order valence-electron chi connectivity index (χ2n) is 6.98. The highest BCUT2D eigenvalue weighted by Gasteiger charge is 2.20. The lowest BCUT2D eigenvalue weighted by molar-refractivity contribution is -0.858. The van der Waals surface area contributed by atoms with Gasteiger partial charge in [-0.15, -0.1) is 11.3 Å². The maximum atomic E-state index is 13.1. The van der Waals surface area contributed by atoms with Crippen LogP contribution in [-0.4, -0.2) is 55.4 Å². The summed E-state index contributed by atoms with van der Waals surface area (Å²) in [6.45, 7) is 1.46. The van der Waals surface area contributed by atoms with Gasteiger partial charge in [0.25, 0.3) is 5.91 Å². The van der Waals surface area contributed by atoms with Gasteiger partial charge in [0.15, 0.2) is 5.13 Å². The normalized spacial score (nSPS) is 11.0. The molecular weight excluding hydrogens is 372 g/mol. The molecule has 0 unspecified atom stereocenters. The molecule has 28 heavy (non-hydrogen) atoms. The highest BCUT2D eigenvalue weighted by Crippen LogP contribution is 2.17. The SMILES string of the molecule is C[NH+](C)CCCN(CC(=O)Nc1nccs1)C(=O)c1ccc2ccccc2c1. The molecular formula is C21H25N4O2S+. The van der Waals surface area contributed by atoms with Gasteiger partial charge in [0, 0.05) is 30.1 Å². The van der Waals surface area contributed by atoms with Crippen molar-refractivity contribution in [3.05, 3.63) is 59.6 Å². The first-order chi connectivity index (χ1) is 13.5. The van der Waals surface area contributed by atoms with Crippen molar-refractivity contribution >= 4 is 39.1 Å². The number of aromatic nitrogens is 1. The van der Waals surface area contributed by atoms with Crippen LogP contribution in [0.2, 0.25) is 0 Å². The number of fused-ring (bicyclic) bond motifs is 1. The number of hydrogen-bond acceptors (Lipinski definition) is 4. The van der Waals surface area contributed by atoms with Crippen LogP contribution in [0.3, 0.4) is 0 Å². The molecule has 0 spiro atoms. The van der Waals surface area contributed by atoms with Crippen LogP contribution in [-0.2, 0) is 4.79 Å². The Kier molecular flexibility index (Phi) is 6.73. The Morgan fingerprint density at radius 3 is 2.64 bits per heavy atom. The van der Waals surface area contributed by atoms with Crippen molar-refractivity contribution in [3.63, 3.8) is 0 Å². The van der Waals surface area contributed by atoms with Gasteiger partial charge in [-0.3, -0.25) is 9.59 Å². The summed E-state index contributed by atoms with van der Waals surface area (Å²) in [6.07, 6.45) is 2.46. The molecule has 0 bridgehead atoms. The molecule has 0 saturated carbocycles. The molecule has 3 rings (SSSR count). The van der Waals surface area contributed by atoms with Crippen LogP contribution in [0.25, 0.3) is 10.8 Å². The summed E-state index contributed by atoms with van der Waals surface area (Å²) < 4.78 is 0. The van der Waals surface area contributed by atoms with E-state index < -0.39 is 0 Å². The molecule has 3 aromatic rings. The number of carbonyl (C=O) groups is 2. The molecule has 0 aliphatic rings. The summed E-state index contributed by atoms with van der Waals surface area (Å²) in [7, 11) is 4.15. The van der Waals surface area contributed by atoms with E-state index in [0.29, 0.717) is 17.2 Å². The third-order valence-electron chi connectivity index (χ3n) is 4.40. The zero-order valence-electron chi connectivity index (χ0n) is 16.1. The fourth-order valence-electron chi connectivity index (χ4n) is 3.00. The van der Waals surface area contributed by atoms with Crippen LogP contribution in [0.5, 0.6) is 0 Å². The maximum absolute atomic E-state index is 13.1. The summed E-state index contributed by atoms with van der Waals surface area (Å²) in [4.78, 5) is 32.5. The molecule has 0 saturated heterocycles. The molecule has 0 atom stereocenters. The fraction of sp³-hybridized carbons (Fsp3) is 0.286. The first-order valence-electron chi connectivity index (χ1n) is 9.29. The molecule has 2 N–H and O–H groups in total. The van der Waals surface area contributed by atoms with Gasteiger partial charge in [0.1, 0.15) is 6.54 Å². The average molecular weight is 398 g/mol. The number of nitrogens with one attached hydrogen (secondary N) is 2. The van der Waals surface area contributed by atoms with Crippen molar-refractivity contribution in [2.75, 3.05) is 39.0 Å². The first-order valence-corrected chi connectivity index (χ1v) is 10.2. The van der Waals surface area contributed by atoms with E-state index in [4.69, 9.17) is 0 Å². The standard InChI is InChI=1S/C21H24N4O2S/c1-24(2)11-5-12-25(15-19(26)23-21-22-10-13-28-21)20(27)18-9-8-16-6-3-4-7-17(16)14-18/h3-4,6-10,13-14H,5,11-12,15H2,1-2H3,(H,22,23,26)/p+1. The van der Waals surface area contributed by atoms with Gasteiger partial charge in [-0.05, 0) is 22.9 Å². The van der Waals surface area contributed by atoms with E-state index in [1.54, 1.807) is 16.5 Å². The van der Waals surface area contributed by atoms with E-state index in [-0.39, 0.29) is 18.4 Å². The van der Waals surface area contributed by atoms with Gasteiger partial charge in [-0.2, -0.15) is 0 Å². The number of nitrogens with zero attached hydrogens (tertiary/aromatic N) is 2. The summed E-state index contributed by atoms with van der Waals surface area (Å²) in [6, 6.07) is 13.6. The monoisotopic (exact) mass is 397 g/mol. The predicted octanol–water partition coefficient (Wildman–Crippen LogP) is 1.91. The highest BCUT2D eigenvalue weighted by atomic mass is 32.1. The van der Waals surface area contributed by atoms with Crippen molar-refractivity contribution in [3.8, 4) is 0 Å². The molecule has 0 radical (unpaired) electrons. The van der Waals surface area contributed by atoms with Gasteiger partial charge in [-0.25, -0.2) is 4.98 Å². The molecule has 6 nitrogen and oxygen atoms in total. The summed E-state index contributed by atoms with van der Waals surface area (Å²) >= 11 is 1.36. The fourth-order valence-corrected chi connectivity index (χ4v) is 3.54. The zero-order chi connectivity index (χ0) is 19.9. The van der Waals surface area contributed by atoms with E-state index in [9.17, 15) is 9.59 Å². The zero-order valence-corrected chi connectivity index (χ0v) is 17.0. The number of quaternary nitrogens is 1. The lowest BCUT2D eigenvalue weighted by atomic mass is 10.1. The van der Waals surface area contributed by atoms with Crippen LogP contribution in [0, 0.1) is 0 Å². The third kappa shape index (κ3) is 5.37. The van der Waals surface area contributed by atoms with E-state index in [1.165, 1.54) is 16.2 Å². The van der Waals surface area contributed by atoms with Crippen LogP contribution in [0.15, 0.2) is 54.0 Å². The van der Waals surface area contributed by atoms with Crippen LogP contribution in [0.4, 0.5) is 5.13 Å². The molecule has 7 heteroatoms. The highest BCUT2D eigenvalue weighted by molar-refractivity contribution is 7.13. The van der Waals surface area contributed by atoms with Crippen molar-refractivity contribution in [1.82, 2.24) is 9.88 Å². The van der Waals surface area contributed by atoms with E-state index >= 15 is 0 Å². The van der Waals surface area contributed by atoms with Crippen LogP contribution >= 0.6 is 11.3 Å². The molecule has 0 fully saturated rings. The van der Waals surface area contributed by atoms with Crippen LogP contribution in [0.1, 0.15) is 16.8 Å². The molecule has 2 aromatic carbocycles. The Balaban J connectivity index is 1.75. The Morgan fingerprint density at radius 1 is 1.14 bits per heavy atom. The number of hydrogen-bond donors (Lipinski definition) is 2. The average Bonchev–Trinajstić information content (AvgIpc) is 3.19. The largest absolute Gasteiger partial charge is 0.340 e. The number of amides is 2. The first kappa shape index (κ1) is 20.0. The molecule has 1 aromatic heterocycles. The predicted molar refractivity (Wildman–Crippen MR) is 113 cm³/mol. The van der Waals surface area contributed by atoms with Crippen molar-refractivity contribution < 1.29 is 14.5 Å². The molecule has 1 heterocycles. The van der Waals surface area contributed by atoms with Gasteiger partial charge in [0.2, 0.25) is 5.91 Å². The van der Waals surface area contributed by atoms with E-state index in [2.05, 4.69) is 24.4 Å². The minimum atomic E-state index is -0.235. The Morgan fingerprint density at radius 2 is 1.93 bits per heavy atom. The van der Waals surface area contributed by atoms with Gasteiger partial charge < -0.3 is 15.1 Å². The lowest BCUT2D eigenvalue weighted by Crippen LogP contribution is -3.05.